The smallest absolute Gasteiger partial charge is 0.0761 e. The molecule has 2 fully saturated rings. The average molecular weight is 179 g/mol. The van der Waals surface area contributed by atoms with Crippen LogP contribution in [0.15, 0.2) is 0 Å². The largest absolute Gasteiger partial charge is 0.377 e. The summed E-state index contributed by atoms with van der Waals surface area (Å²) in [5.41, 5.74) is 0. The van der Waals surface area contributed by atoms with Gasteiger partial charge in [-0.1, -0.05) is 12.8 Å². The van der Waals surface area contributed by atoms with E-state index in [9.17, 15) is 0 Å². The molecule has 2 heteroatoms. The molecule has 2 nitrogen and oxygen atoms in total. The summed E-state index contributed by atoms with van der Waals surface area (Å²) in [4.78, 5) is 0. The van der Waals surface area contributed by atoms with Crippen LogP contribution in [0.1, 0.15) is 38.5 Å². The minimum absolute atomic E-state index is 0.178. The molecule has 0 spiro atoms. The zero-order chi connectivity index (χ0) is 9.10. The lowest BCUT2D eigenvalue weighted by Gasteiger charge is -2.31. The van der Waals surface area contributed by atoms with E-state index in [-0.39, 0.29) is 12.0 Å². The van der Waals surface area contributed by atoms with Gasteiger partial charge in [0.2, 0.25) is 0 Å². The predicted octanol–water partition coefficient (Wildman–Crippen LogP) is 2.50. The molecule has 1 saturated heterocycles. The van der Waals surface area contributed by atoms with Gasteiger partial charge in [0.1, 0.15) is 0 Å². The average Bonchev–Trinajstić information content (AvgIpc) is 2.70. The lowest BCUT2D eigenvalue weighted by molar-refractivity contribution is -0.0424. The molecular formula is C11H17NO. The van der Waals surface area contributed by atoms with Gasteiger partial charge in [-0.15, -0.1) is 0 Å². The van der Waals surface area contributed by atoms with E-state index in [0.717, 1.165) is 19.4 Å². The zero-order valence-corrected chi connectivity index (χ0v) is 8.04. The molecular weight excluding hydrogens is 162 g/mol. The highest BCUT2D eigenvalue weighted by atomic mass is 16.5. The molecule has 2 atom stereocenters. The van der Waals surface area contributed by atoms with Crippen molar-refractivity contribution in [2.45, 2.75) is 44.6 Å². The highest BCUT2D eigenvalue weighted by Crippen LogP contribution is 2.35. The zero-order valence-electron chi connectivity index (χ0n) is 8.04. The summed E-state index contributed by atoms with van der Waals surface area (Å²) < 4.78 is 5.74. The molecule has 2 aliphatic rings. The van der Waals surface area contributed by atoms with Crippen molar-refractivity contribution in [3.63, 3.8) is 0 Å². The Hall–Kier alpha value is -0.550. The van der Waals surface area contributed by atoms with Crippen molar-refractivity contribution >= 4 is 0 Å². The van der Waals surface area contributed by atoms with Crippen LogP contribution in [0.3, 0.4) is 0 Å². The van der Waals surface area contributed by atoms with E-state index < -0.39 is 0 Å². The second-order valence-electron chi connectivity index (χ2n) is 4.26. The first-order chi connectivity index (χ1) is 6.42. The topological polar surface area (TPSA) is 33.0 Å². The molecule has 1 saturated carbocycles. The minimum Gasteiger partial charge on any atom is -0.377 e. The number of rotatable bonds is 1. The molecule has 0 bridgehead atoms. The summed E-state index contributed by atoms with van der Waals surface area (Å²) >= 11 is 0. The fraction of sp³-hybridized carbons (Fsp3) is 0.909. The molecule has 0 aromatic carbocycles. The first kappa shape index (κ1) is 9.02. The fourth-order valence-electron chi connectivity index (χ4n) is 2.69. The van der Waals surface area contributed by atoms with Crippen LogP contribution in [-0.4, -0.2) is 12.7 Å². The Balaban J connectivity index is 1.98. The Morgan fingerprint density at radius 1 is 1.08 bits per heavy atom. The highest BCUT2D eigenvalue weighted by Gasteiger charge is 2.34. The maximum absolute atomic E-state index is 8.99. The van der Waals surface area contributed by atoms with Crippen LogP contribution < -0.4 is 0 Å². The van der Waals surface area contributed by atoms with Crippen LogP contribution in [-0.2, 0) is 4.74 Å². The monoisotopic (exact) mass is 179 g/mol. The number of hydrogen-bond acceptors (Lipinski definition) is 2. The lowest BCUT2D eigenvalue weighted by atomic mass is 9.86. The number of hydrogen-bond donors (Lipinski definition) is 0. The number of nitriles is 1. The molecule has 1 heterocycles. The maximum atomic E-state index is 8.99. The molecule has 0 N–H and O–H groups in total. The first-order valence-corrected chi connectivity index (χ1v) is 5.43. The third-order valence-electron chi connectivity index (χ3n) is 3.40. The van der Waals surface area contributed by atoms with Gasteiger partial charge in [-0.05, 0) is 31.6 Å². The summed E-state index contributed by atoms with van der Waals surface area (Å²) in [6.45, 7) is 0.874. The Kier molecular flexibility index (Phi) is 2.85. The summed E-state index contributed by atoms with van der Waals surface area (Å²) in [5.74, 6) is 0.863. The molecule has 1 aliphatic heterocycles. The van der Waals surface area contributed by atoms with Gasteiger partial charge in [0, 0.05) is 6.61 Å². The molecule has 2 unspecified atom stereocenters. The first-order valence-electron chi connectivity index (χ1n) is 5.43. The summed E-state index contributed by atoms with van der Waals surface area (Å²) in [6.07, 6.45) is 7.62. The molecule has 0 aromatic heterocycles. The van der Waals surface area contributed by atoms with Crippen molar-refractivity contribution in [2.24, 2.45) is 11.8 Å². The van der Waals surface area contributed by atoms with Crippen LogP contribution in [0, 0.1) is 23.2 Å². The van der Waals surface area contributed by atoms with E-state index in [4.69, 9.17) is 10.00 Å². The molecule has 0 amide bonds. The Bertz CT molecular complexity index is 203. The number of ether oxygens (including phenoxy) is 1. The maximum Gasteiger partial charge on any atom is 0.0761 e. The van der Waals surface area contributed by atoms with Crippen LogP contribution >= 0.6 is 0 Å². The van der Waals surface area contributed by atoms with E-state index in [2.05, 4.69) is 6.07 Å². The van der Waals surface area contributed by atoms with Crippen LogP contribution in [0.2, 0.25) is 0 Å². The van der Waals surface area contributed by atoms with Crippen LogP contribution in [0.25, 0.3) is 0 Å². The molecule has 13 heavy (non-hydrogen) atoms. The van der Waals surface area contributed by atoms with Gasteiger partial charge >= 0.3 is 0 Å². The number of nitrogens with zero attached hydrogens (tertiary/aromatic N) is 1. The van der Waals surface area contributed by atoms with E-state index in [1.165, 1.54) is 25.7 Å². The SMILES string of the molecule is N#CC1CCCOC1C1CCCC1. The Morgan fingerprint density at radius 3 is 2.54 bits per heavy atom. The van der Waals surface area contributed by atoms with Gasteiger partial charge in [-0.25, -0.2) is 0 Å². The van der Waals surface area contributed by atoms with Gasteiger partial charge in [-0.2, -0.15) is 5.26 Å². The van der Waals surface area contributed by atoms with Gasteiger partial charge in [0.25, 0.3) is 0 Å². The lowest BCUT2D eigenvalue weighted by Crippen LogP contribution is -2.34. The molecule has 1 aliphatic carbocycles. The van der Waals surface area contributed by atoms with Gasteiger partial charge in [0.15, 0.2) is 0 Å². The third-order valence-corrected chi connectivity index (χ3v) is 3.40. The van der Waals surface area contributed by atoms with Gasteiger partial charge in [0.05, 0.1) is 18.1 Å². The van der Waals surface area contributed by atoms with Crippen LogP contribution in [0.4, 0.5) is 0 Å². The van der Waals surface area contributed by atoms with Crippen molar-refractivity contribution in [2.75, 3.05) is 6.61 Å². The second kappa shape index (κ2) is 4.11. The summed E-state index contributed by atoms with van der Waals surface area (Å²) in [5, 5.41) is 8.99. The van der Waals surface area contributed by atoms with Crippen molar-refractivity contribution in [3.8, 4) is 6.07 Å². The van der Waals surface area contributed by atoms with E-state index >= 15 is 0 Å². The minimum atomic E-state index is 0.178. The third kappa shape index (κ3) is 1.86. The Morgan fingerprint density at radius 2 is 1.85 bits per heavy atom. The normalized spacial score (nSPS) is 35.9. The van der Waals surface area contributed by atoms with Crippen LogP contribution in [0.5, 0.6) is 0 Å². The van der Waals surface area contributed by atoms with Crippen molar-refractivity contribution < 1.29 is 4.74 Å². The van der Waals surface area contributed by atoms with E-state index in [1.54, 1.807) is 0 Å². The second-order valence-corrected chi connectivity index (χ2v) is 4.26. The van der Waals surface area contributed by atoms with E-state index in [0.29, 0.717) is 5.92 Å². The standard InChI is InChI=1S/C11H17NO/c12-8-10-6-3-7-13-11(10)9-4-1-2-5-9/h9-11H,1-7H2. The van der Waals surface area contributed by atoms with Crippen molar-refractivity contribution in [1.82, 2.24) is 0 Å². The summed E-state index contributed by atoms with van der Waals surface area (Å²) in [6, 6.07) is 2.41. The Labute approximate surface area is 79.9 Å². The molecule has 2 rings (SSSR count). The quantitative estimate of drug-likeness (QED) is 0.619. The van der Waals surface area contributed by atoms with Crippen molar-refractivity contribution in [1.29, 1.82) is 5.26 Å². The summed E-state index contributed by atoms with van der Waals surface area (Å²) in [7, 11) is 0. The van der Waals surface area contributed by atoms with E-state index in [1.807, 2.05) is 0 Å². The highest BCUT2D eigenvalue weighted by molar-refractivity contribution is 4.94. The molecule has 0 aromatic rings. The van der Waals surface area contributed by atoms with Gasteiger partial charge in [-0.3, -0.25) is 0 Å². The molecule has 0 radical (unpaired) electrons. The fourth-order valence-corrected chi connectivity index (χ4v) is 2.69. The molecule has 72 valence electrons. The van der Waals surface area contributed by atoms with Crippen molar-refractivity contribution in [3.05, 3.63) is 0 Å². The predicted molar refractivity (Wildman–Crippen MR) is 50.0 cm³/mol. The van der Waals surface area contributed by atoms with Gasteiger partial charge < -0.3 is 4.74 Å².